The van der Waals surface area contributed by atoms with Gasteiger partial charge in [-0.3, -0.25) is 0 Å². The fourth-order valence-corrected chi connectivity index (χ4v) is 1.77. The van der Waals surface area contributed by atoms with Crippen LogP contribution in [0.25, 0.3) is 0 Å². The fraction of sp³-hybridized carbons (Fsp3) is 0.600. The van der Waals surface area contributed by atoms with Gasteiger partial charge in [0.05, 0.1) is 10.8 Å². The van der Waals surface area contributed by atoms with Crippen molar-refractivity contribution in [3.8, 4) is 0 Å². The van der Waals surface area contributed by atoms with E-state index in [0.717, 1.165) is 6.26 Å². The highest BCUT2D eigenvalue weighted by atomic mass is 35.5. The summed E-state index contributed by atoms with van der Waals surface area (Å²) in [6.45, 7) is 1.65. The number of halogens is 1. The zero-order valence-corrected chi connectivity index (χ0v) is 6.96. The van der Waals surface area contributed by atoms with Crippen molar-refractivity contribution in [2.24, 2.45) is 0 Å². The molecule has 0 bridgehead atoms. The van der Waals surface area contributed by atoms with Crippen molar-refractivity contribution in [1.29, 1.82) is 0 Å². The number of alkyl halides is 1. The molecule has 0 fully saturated rings. The summed E-state index contributed by atoms with van der Waals surface area (Å²) in [6, 6.07) is 0. The fourth-order valence-electron chi connectivity index (χ4n) is 0.390. The number of hydrogen-bond acceptors (Lipinski definition) is 2. The van der Waals surface area contributed by atoms with E-state index in [1.54, 1.807) is 6.92 Å². The second kappa shape index (κ2) is 3.22. The minimum atomic E-state index is -3.04. The Morgan fingerprint density at radius 3 is 2.11 bits per heavy atom. The van der Waals surface area contributed by atoms with Crippen LogP contribution in [-0.2, 0) is 9.84 Å². The van der Waals surface area contributed by atoms with Gasteiger partial charge in [-0.1, -0.05) is 6.08 Å². The Morgan fingerprint density at radius 2 is 2.11 bits per heavy atom. The molecular formula is C5H9ClO2S. The van der Waals surface area contributed by atoms with E-state index in [9.17, 15) is 8.42 Å². The van der Waals surface area contributed by atoms with Gasteiger partial charge in [0.1, 0.15) is 0 Å². The van der Waals surface area contributed by atoms with Crippen LogP contribution in [0, 0.1) is 0 Å². The lowest BCUT2D eigenvalue weighted by molar-refractivity contribution is 0.607. The van der Waals surface area contributed by atoms with Crippen molar-refractivity contribution in [1.82, 2.24) is 0 Å². The molecule has 0 saturated carbocycles. The van der Waals surface area contributed by atoms with E-state index in [1.165, 1.54) is 6.08 Å². The normalized spacial score (nSPS) is 13.9. The quantitative estimate of drug-likeness (QED) is 0.581. The lowest BCUT2D eigenvalue weighted by Gasteiger charge is -1.95. The molecule has 0 heterocycles. The number of allylic oxidation sites excluding steroid dienone is 2. The molecule has 0 aromatic heterocycles. The first-order valence-electron chi connectivity index (χ1n) is 2.43. The van der Waals surface area contributed by atoms with Crippen molar-refractivity contribution in [3.05, 3.63) is 11.0 Å². The van der Waals surface area contributed by atoms with Crippen LogP contribution in [0.1, 0.15) is 6.92 Å². The molecule has 9 heavy (non-hydrogen) atoms. The molecule has 0 rings (SSSR count). The molecule has 0 aromatic carbocycles. The predicted octanol–water partition coefficient (Wildman–Crippen LogP) is 1.17. The Hall–Kier alpha value is -0.0200. The summed E-state index contributed by atoms with van der Waals surface area (Å²) in [5, 5.41) is 0. The van der Waals surface area contributed by atoms with E-state index in [0.29, 0.717) is 0 Å². The highest BCUT2D eigenvalue weighted by Gasteiger charge is 2.06. The number of hydrogen-bond donors (Lipinski definition) is 0. The summed E-state index contributed by atoms with van der Waals surface area (Å²) in [6.07, 6.45) is 2.65. The molecule has 0 aliphatic rings. The molecule has 0 N–H and O–H groups in total. The minimum absolute atomic E-state index is 0.0648. The summed E-state index contributed by atoms with van der Waals surface area (Å²) in [7, 11) is -3.04. The third kappa shape index (κ3) is 2.87. The second-order valence-electron chi connectivity index (χ2n) is 1.66. The van der Waals surface area contributed by atoms with E-state index >= 15 is 0 Å². The molecule has 54 valence electrons. The summed E-state index contributed by atoms with van der Waals surface area (Å²) in [5.74, 6) is 0.0648. The van der Waals surface area contributed by atoms with E-state index in [-0.39, 0.29) is 10.8 Å². The van der Waals surface area contributed by atoms with Crippen LogP contribution in [-0.4, -0.2) is 20.6 Å². The molecule has 0 aliphatic carbocycles. The van der Waals surface area contributed by atoms with Crippen LogP contribution in [0.4, 0.5) is 0 Å². The Bertz CT molecular complexity index is 203. The maximum atomic E-state index is 10.6. The maximum Gasteiger partial charge on any atom is 0.172 e. The van der Waals surface area contributed by atoms with Crippen molar-refractivity contribution >= 4 is 21.4 Å². The monoisotopic (exact) mass is 168 g/mol. The van der Waals surface area contributed by atoms with E-state index in [1.807, 2.05) is 0 Å². The van der Waals surface area contributed by atoms with Crippen LogP contribution in [0.15, 0.2) is 11.0 Å². The van der Waals surface area contributed by atoms with Gasteiger partial charge in [0, 0.05) is 6.26 Å². The molecule has 0 aromatic rings. The smallest absolute Gasteiger partial charge is 0.172 e. The van der Waals surface area contributed by atoms with Crippen LogP contribution in [0.2, 0.25) is 0 Å². The van der Waals surface area contributed by atoms with Gasteiger partial charge < -0.3 is 0 Å². The van der Waals surface area contributed by atoms with Gasteiger partial charge >= 0.3 is 0 Å². The lowest BCUT2D eigenvalue weighted by Crippen LogP contribution is -2.01. The third-order valence-corrected chi connectivity index (χ3v) is 2.71. The zero-order chi connectivity index (χ0) is 7.49. The predicted molar refractivity (Wildman–Crippen MR) is 39.3 cm³/mol. The van der Waals surface area contributed by atoms with Gasteiger partial charge in [0.2, 0.25) is 0 Å². The van der Waals surface area contributed by atoms with E-state index in [2.05, 4.69) is 0 Å². The van der Waals surface area contributed by atoms with Crippen LogP contribution in [0.5, 0.6) is 0 Å². The molecule has 0 atom stereocenters. The molecule has 0 spiro atoms. The van der Waals surface area contributed by atoms with Gasteiger partial charge in [-0.05, 0) is 6.92 Å². The zero-order valence-electron chi connectivity index (χ0n) is 5.39. The largest absolute Gasteiger partial charge is 0.224 e. The molecule has 0 saturated heterocycles. The standard InChI is InChI=1S/C5H9ClO2S/c1-3-5(4-6)9(2,7)8/h3H,4H2,1-2H3/b5-3-. The van der Waals surface area contributed by atoms with Gasteiger partial charge in [0.15, 0.2) is 9.84 Å². The summed E-state index contributed by atoms with van der Waals surface area (Å²) < 4.78 is 21.3. The van der Waals surface area contributed by atoms with Crippen LogP contribution in [0.3, 0.4) is 0 Å². The highest BCUT2D eigenvalue weighted by Crippen LogP contribution is 2.04. The first kappa shape index (κ1) is 8.98. The van der Waals surface area contributed by atoms with Crippen molar-refractivity contribution in [2.75, 3.05) is 12.1 Å². The lowest BCUT2D eigenvalue weighted by atomic mass is 10.6. The topological polar surface area (TPSA) is 34.1 Å². The van der Waals surface area contributed by atoms with Crippen molar-refractivity contribution in [2.45, 2.75) is 6.92 Å². The number of rotatable bonds is 2. The van der Waals surface area contributed by atoms with Gasteiger partial charge in [-0.2, -0.15) is 0 Å². The van der Waals surface area contributed by atoms with Gasteiger partial charge in [0.25, 0.3) is 0 Å². The SMILES string of the molecule is C/C=C(/CCl)S(C)(=O)=O. The average molecular weight is 169 g/mol. The molecule has 0 radical (unpaired) electrons. The molecule has 0 unspecified atom stereocenters. The third-order valence-electron chi connectivity index (χ3n) is 0.930. The van der Waals surface area contributed by atoms with Crippen LogP contribution < -0.4 is 0 Å². The Morgan fingerprint density at radius 1 is 1.67 bits per heavy atom. The average Bonchev–Trinajstić information content (AvgIpc) is 1.65. The second-order valence-corrected chi connectivity index (χ2v) is 4.00. The summed E-state index contributed by atoms with van der Waals surface area (Å²) in [4.78, 5) is 0.282. The first-order valence-corrected chi connectivity index (χ1v) is 4.86. The highest BCUT2D eigenvalue weighted by molar-refractivity contribution is 7.94. The van der Waals surface area contributed by atoms with Crippen molar-refractivity contribution < 1.29 is 8.42 Å². The number of sulfone groups is 1. The Labute approximate surface area is 60.4 Å². The molecule has 0 aliphatic heterocycles. The van der Waals surface area contributed by atoms with Crippen LogP contribution >= 0.6 is 11.6 Å². The summed E-state index contributed by atoms with van der Waals surface area (Å²) >= 11 is 5.30. The van der Waals surface area contributed by atoms with E-state index < -0.39 is 9.84 Å². The van der Waals surface area contributed by atoms with E-state index in [4.69, 9.17) is 11.6 Å². The molecular weight excluding hydrogens is 160 g/mol. The van der Waals surface area contributed by atoms with Gasteiger partial charge in [-0.15, -0.1) is 11.6 Å². The molecule has 4 heteroatoms. The Balaban J connectivity index is 4.56. The van der Waals surface area contributed by atoms with Crippen molar-refractivity contribution in [3.63, 3.8) is 0 Å². The van der Waals surface area contributed by atoms with Gasteiger partial charge in [-0.25, -0.2) is 8.42 Å². The molecule has 0 amide bonds. The minimum Gasteiger partial charge on any atom is -0.224 e. The maximum absolute atomic E-state index is 10.6. The first-order chi connectivity index (χ1) is 4.02. The molecule has 2 nitrogen and oxygen atoms in total. The Kier molecular flexibility index (Phi) is 3.22. The summed E-state index contributed by atoms with van der Waals surface area (Å²) in [5.41, 5.74) is 0.